The number of halogens is 1. The summed E-state index contributed by atoms with van der Waals surface area (Å²) < 4.78 is 5.53. The van der Waals surface area contributed by atoms with Gasteiger partial charge in [-0.1, -0.05) is 37.6 Å². The van der Waals surface area contributed by atoms with Gasteiger partial charge in [-0.3, -0.25) is 0 Å². The topological polar surface area (TPSA) is 29.5 Å². The minimum absolute atomic E-state index is 0.529. The molecule has 1 unspecified atom stereocenters. The average molecular weight is 257 g/mol. The highest BCUT2D eigenvalue weighted by Crippen LogP contribution is 2.35. The molecule has 0 aliphatic rings. The number of aliphatic hydroxyl groups excluding tert-OH is 1. The number of aryl methyl sites for hydroxylation is 1. The maximum Gasteiger partial charge on any atom is 0.108 e. The maximum absolute atomic E-state index is 10.5. The van der Waals surface area contributed by atoms with Gasteiger partial charge < -0.3 is 9.84 Å². The lowest BCUT2D eigenvalue weighted by atomic mass is 9.86. The third kappa shape index (κ3) is 2.82. The minimum atomic E-state index is -0.652. The zero-order valence-corrected chi connectivity index (χ0v) is 11.7. The normalized spacial score (nSPS) is 13.8. The molecule has 0 aromatic heterocycles. The third-order valence-electron chi connectivity index (χ3n) is 3.61. The van der Waals surface area contributed by atoms with Crippen molar-refractivity contribution in [2.24, 2.45) is 0 Å². The molecular formula is C14H21ClO2. The van der Waals surface area contributed by atoms with Crippen LogP contribution in [0.25, 0.3) is 0 Å². The molecule has 2 nitrogen and oxygen atoms in total. The summed E-state index contributed by atoms with van der Waals surface area (Å²) in [5.41, 5.74) is 1.29. The molecule has 0 saturated carbocycles. The van der Waals surface area contributed by atoms with E-state index >= 15 is 0 Å². The van der Waals surface area contributed by atoms with Crippen molar-refractivity contribution in [1.82, 2.24) is 0 Å². The molecule has 0 bridgehead atoms. The number of rotatable bonds is 5. The van der Waals surface area contributed by atoms with Crippen LogP contribution in [-0.4, -0.2) is 17.8 Å². The van der Waals surface area contributed by atoms with Crippen molar-refractivity contribution in [3.63, 3.8) is 0 Å². The fourth-order valence-corrected chi connectivity index (χ4v) is 2.31. The lowest BCUT2D eigenvalue weighted by molar-refractivity contribution is -0.109. The second-order valence-electron chi connectivity index (χ2n) is 4.39. The molecule has 0 radical (unpaired) electrons. The predicted molar refractivity (Wildman–Crippen MR) is 71.5 cm³/mol. The van der Waals surface area contributed by atoms with Crippen molar-refractivity contribution in [3.8, 4) is 0 Å². The molecule has 0 aliphatic carbocycles. The summed E-state index contributed by atoms with van der Waals surface area (Å²) in [7, 11) is 1.64. The van der Waals surface area contributed by atoms with Crippen LogP contribution in [0, 0.1) is 6.92 Å². The van der Waals surface area contributed by atoms with Crippen molar-refractivity contribution >= 4 is 11.6 Å². The van der Waals surface area contributed by atoms with E-state index in [4.69, 9.17) is 16.3 Å². The third-order valence-corrected chi connectivity index (χ3v) is 4.02. The maximum atomic E-state index is 10.5. The van der Waals surface area contributed by atoms with E-state index in [0.717, 1.165) is 24.0 Å². The molecular weight excluding hydrogens is 236 g/mol. The van der Waals surface area contributed by atoms with Gasteiger partial charge in [-0.05, 0) is 37.0 Å². The number of hydrogen-bond acceptors (Lipinski definition) is 2. The predicted octanol–water partition coefficient (Wildman–Crippen LogP) is 3.89. The second kappa shape index (κ2) is 5.85. The molecule has 0 spiro atoms. The van der Waals surface area contributed by atoms with Gasteiger partial charge in [0, 0.05) is 12.1 Å². The van der Waals surface area contributed by atoms with Gasteiger partial charge >= 0.3 is 0 Å². The van der Waals surface area contributed by atoms with Gasteiger partial charge in [-0.15, -0.1) is 0 Å². The Kier molecular flexibility index (Phi) is 4.99. The van der Waals surface area contributed by atoms with Crippen molar-refractivity contribution in [3.05, 3.63) is 34.3 Å². The van der Waals surface area contributed by atoms with Gasteiger partial charge in [0.15, 0.2) is 0 Å². The molecule has 0 saturated heterocycles. The Morgan fingerprint density at radius 1 is 1.35 bits per heavy atom. The van der Waals surface area contributed by atoms with Gasteiger partial charge in [0.05, 0.1) is 5.60 Å². The average Bonchev–Trinajstić information content (AvgIpc) is 2.35. The van der Waals surface area contributed by atoms with E-state index in [1.807, 2.05) is 39.0 Å². The van der Waals surface area contributed by atoms with Crippen molar-refractivity contribution in [2.75, 3.05) is 7.11 Å². The van der Waals surface area contributed by atoms with E-state index < -0.39 is 11.7 Å². The molecule has 1 rings (SSSR count). The van der Waals surface area contributed by atoms with E-state index in [2.05, 4.69) is 0 Å². The van der Waals surface area contributed by atoms with Gasteiger partial charge in [0.25, 0.3) is 0 Å². The smallest absolute Gasteiger partial charge is 0.108 e. The van der Waals surface area contributed by atoms with Crippen LogP contribution in [0.3, 0.4) is 0 Å². The van der Waals surface area contributed by atoms with E-state index in [0.29, 0.717) is 5.02 Å². The molecule has 1 atom stereocenters. The lowest BCUT2D eigenvalue weighted by Gasteiger charge is -2.35. The van der Waals surface area contributed by atoms with Gasteiger partial charge in [-0.25, -0.2) is 0 Å². The highest BCUT2D eigenvalue weighted by Gasteiger charge is 2.35. The summed E-state index contributed by atoms with van der Waals surface area (Å²) in [6, 6.07) is 5.65. The van der Waals surface area contributed by atoms with Crippen LogP contribution in [0.1, 0.15) is 43.9 Å². The summed E-state index contributed by atoms with van der Waals surface area (Å²) >= 11 is 6.09. The Hall–Kier alpha value is -0.570. The monoisotopic (exact) mass is 256 g/mol. The molecule has 3 heteroatoms. The van der Waals surface area contributed by atoms with E-state index in [9.17, 15) is 5.11 Å². The lowest BCUT2D eigenvalue weighted by Crippen LogP contribution is -2.37. The Balaban J connectivity index is 3.09. The molecule has 96 valence electrons. The summed E-state index contributed by atoms with van der Waals surface area (Å²) in [4.78, 5) is 0. The van der Waals surface area contributed by atoms with E-state index in [1.165, 1.54) is 0 Å². The van der Waals surface area contributed by atoms with E-state index in [-0.39, 0.29) is 0 Å². The molecule has 1 aromatic rings. The van der Waals surface area contributed by atoms with Gasteiger partial charge in [0.1, 0.15) is 6.10 Å². The van der Waals surface area contributed by atoms with Crippen LogP contribution in [0.4, 0.5) is 0 Å². The van der Waals surface area contributed by atoms with Crippen LogP contribution in [-0.2, 0) is 4.74 Å². The first-order valence-corrected chi connectivity index (χ1v) is 6.37. The molecule has 0 heterocycles. The van der Waals surface area contributed by atoms with Gasteiger partial charge in [0.2, 0.25) is 0 Å². The van der Waals surface area contributed by atoms with E-state index in [1.54, 1.807) is 7.11 Å². The SMILES string of the molecule is CCC(CC)(OC)C(O)c1ccc(C)c(Cl)c1. The van der Waals surface area contributed by atoms with Crippen LogP contribution in [0.2, 0.25) is 5.02 Å². The number of ether oxygens (including phenoxy) is 1. The first-order chi connectivity index (χ1) is 8.00. The summed E-state index contributed by atoms with van der Waals surface area (Å²) in [6.07, 6.45) is 0.861. The Labute approximate surface area is 109 Å². The molecule has 1 N–H and O–H groups in total. The highest BCUT2D eigenvalue weighted by molar-refractivity contribution is 6.31. The number of benzene rings is 1. The Morgan fingerprint density at radius 3 is 2.35 bits per heavy atom. The first kappa shape index (κ1) is 14.5. The van der Waals surface area contributed by atoms with Crippen molar-refractivity contribution in [1.29, 1.82) is 0 Å². The summed E-state index contributed by atoms with van der Waals surface area (Å²) in [5.74, 6) is 0. The highest BCUT2D eigenvalue weighted by atomic mass is 35.5. The quantitative estimate of drug-likeness (QED) is 0.866. The standard InChI is InChI=1S/C14H21ClO2/c1-5-14(6-2,17-4)13(16)11-8-7-10(3)12(15)9-11/h7-9,13,16H,5-6H2,1-4H3. The number of aliphatic hydroxyl groups is 1. The number of methoxy groups -OCH3 is 1. The number of hydrogen-bond donors (Lipinski definition) is 1. The summed E-state index contributed by atoms with van der Waals surface area (Å²) in [5, 5.41) is 11.1. The first-order valence-electron chi connectivity index (χ1n) is 6.00. The molecule has 17 heavy (non-hydrogen) atoms. The fraction of sp³-hybridized carbons (Fsp3) is 0.571. The molecule has 0 aliphatic heterocycles. The molecule has 0 amide bonds. The molecule has 0 fully saturated rings. The van der Waals surface area contributed by atoms with Crippen molar-refractivity contribution < 1.29 is 9.84 Å². The fourth-order valence-electron chi connectivity index (χ4n) is 2.12. The van der Waals surface area contributed by atoms with Crippen LogP contribution in [0.15, 0.2) is 18.2 Å². The summed E-state index contributed by atoms with van der Waals surface area (Å²) in [6.45, 7) is 5.99. The van der Waals surface area contributed by atoms with Crippen LogP contribution >= 0.6 is 11.6 Å². The Morgan fingerprint density at radius 2 is 1.94 bits per heavy atom. The van der Waals surface area contributed by atoms with Crippen molar-refractivity contribution in [2.45, 2.75) is 45.3 Å². The Bertz CT molecular complexity index is 364. The van der Waals surface area contributed by atoms with Gasteiger partial charge in [-0.2, -0.15) is 0 Å². The largest absolute Gasteiger partial charge is 0.385 e. The minimum Gasteiger partial charge on any atom is -0.385 e. The second-order valence-corrected chi connectivity index (χ2v) is 4.79. The zero-order valence-electron chi connectivity index (χ0n) is 11.0. The molecule has 1 aromatic carbocycles. The zero-order chi connectivity index (χ0) is 13.1. The van der Waals surface area contributed by atoms with Crippen LogP contribution in [0.5, 0.6) is 0 Å². The van der Waals surface area contributed by atoms with Crippen LogP contribution < -0.4 is 0 Å².